The van der Waals surface area contributed by atoms with Gasteiger partial charge in [-0.2, -0.15) is 0 Å². The molecule has 0 bridgehead atoms. The maximum absolute atomic E-state index is 13.9. The molecule has 1 aliphatic heterocycles. The number of aromatic nitrogens is 4. The predicted molar refractivity (Wildman–Crippen MR) is 74.1 cm³/mol. The zero-order valence-corrected chi connectivity index (χ0v) is 12.2. The number of alkyl halides is 1. The van der Waals surface area contributed by atoms with Gasteiger partial charge in [0.2, 0.25) is 5.85 Å². The number of nitrogens with two attached hydrogens (primary N) is 1. The molecular weight excluding hydrogens is 384 g/mol. The van der Waals surface area contributed by atoms with E-state index in [4.69, 9.17) is 15.6 Å². The van der Waals surface area contributed by atoms with Gasteiger partial charge in [0.15, 0.2) is 15.3 Å². The fourth-order valence-electron chi connectivity index (χ4n) is 2.19. The monoisotopic (exact) mass is 395 g/mol. The van der Waals surface area contributed by atoms with Crippen LogP contribution in [0.2, 0.25) is 0 Å². The van der Waals surface area contributed by atoms with Crippen molar-refractivity contribution < 1.29 is 19.3 Å². The van der Waals surface area contributed by atoms with Gasteiger partial charge in [-0.3, -0.25) is 4.57 Å². The van der Waals surface area contributed by atoms with Crippen LogP contribution < -0.4 is 5.73 Å². The van der Waals surface area contributed by atoms with Gasteiger partial charge < -0.3 is 20.7 Å². The van der Waals surface area contributed by atoms with Crippen LogP contribution in [-0.2, 0) is 4.74 Å². The van der Waals surface area contributed by atoms with E-state index in [9.17, 15) is 9.50 Å². The second kappa shape index (κ2) is 4.72. The van der Waals surface area contributed by atoms with Crippen LogP contribution in [0.25, 0.3) is 11.2 Å². The summed E-state index contributed by atoms with van der Waals surface area (Å²) in [5, 5.41) is 18.6. The number of imidazole rings is 1. The lowest BCUT2D eigenvalue weighted by Gasteiger charge is -2.16. The Morgan fingerprint density at radius 2 is 2.35 bits per heavy atom. The first-order valence-electron chi connectivity index (χ1n) is 5.75. The van der Waals surface area contributed by atoms with E-state index in [1.54, 1.807) is 0 Å². The molecule has 0 aromatic carbocycles. The van der Waals surface area contributed by atoms with Gasteiger partial charge in [-0.05, 0) is 0 Å². The molecule has 4 N–H and O–H groups in total. The molecule has 3 rings (SSSR count). The minimum atomic E-state index is -2.60. The molecule has 10 heteroatoms. The predicted octanol–water partition coefficient (Wildman–Crippen LogP) is -0.0490. The Kier molecular flexibility index (Phi) is 3.27. The SMILES string of the molecule is Nc1nc(I)nc2c1ncn2[C@H]1C[C@@](O)(F)[C@@H](CO)O1. The van der Waals surface area contributed by atoms with Crippen LogP contribution in [0.4, 0.5) is 10.2 Å². The van der Waals surface area contributed by atoms with Gasteiger partial charge in [0, 0.05) is 22.6 Å². The molecule has 2 aromatic heterocycles. The summed E-state index contributed by atoms with van der Waals surface area (Å²) in [6, 6.07) is 0. The molecule has 2 aromatic rings. The molecule has 108 valence electrons. The molecule has 0 aliphatic carbocycles. The average molecular weight is 395 g/mol. The van der Waals surface area contributed by atoms with Crippen molar-refractivity contribution in [2.24, 2.45) is 0 Å². The van der Waals surface area contributed by atoms with Crippen molar-refractivity contribution in [3.63, 3.8) is 0 Å². The lowest BCUT2D eigenvalue weighted by molar-refractivity contribution is -0.150. The van der Waals surface area contributed by atoms with Gasteiger partial charge in [-0.15, -0.1) is 0 Å². The minimum absolute atomic E-state index is 0.213. The summed E-state index contributed by atoms with van der Waals surface area (Å²) in [5.74, 6) is -2.38. The van der Waals surface area contributed by atoms with Gasteiger partial charge in [0.25, 0.3) is 0 Å². The maximum atomic E-state index is 13.9. The Hall–Kier alpha value is -1.11. The molecule has 20 heavy (non-hydrogen) atoms. The number of rotatable bonds is 2. The summed E-state index contributed by atoms with van der Waals surface area (Å²) >= 11 is 1.90. The van der Waals surface area contributed by atoms with Crippen LogP contribution in [0.3, 0.4) is 0 Å². The average Bonchev–Trinajstić information content (AvgIpc) is 2.89. The Morgan fingerprint density at radius 3 is 3.00 bits per heavy atom. The van der Waals surface area contributed by atoms with Crippen LogP contribution in [0, 0.1) is 3.83 Å². The smallest absolute Gasteiger partial charge is 0.239 e. The highest BCUT2D eigenvalue weighted by atomic mass is 127. The Morgan fingerprint density at radius 1 is 1.60 bits per heavy atom. The summed E-state index contributed by atoms with van der Waals surface area (Å²) in [6.45, 7) is -0.620. The van der Waals surface area contributed by atoms with E-state index < -0.39 is 24.8 Å². The molecule has 0 saturated carbocycles. The summed E-state index contributed by atoms with van der Waals surface area (Å²) in [4.78, 5) is 12.2. The van der Waals surface area contributed by atoms with Crippen molar-refractivity contribution >= 4 is 39.6 Å². The van der Waals surface area contributed by atoms with Crippen molar-refractivity contribution in [1.82, 2.24) is 19.5 Å². The normalized spacial score (nSPS) is 30.2. The molecule has 3 heterocycles. The number of hydrogen-bond acceptors (Lipinski definition) is 7. The fraction of sp³-hybridized carbons (Fsp3) is 0.500. The topological polar surface area (TPSA) is 119 Å². The fourth-order valence-corrected chi connectivity index (χ4v) is 2.68. The van der Waals surface area contributed by atoms with Gasteiger partial charge in [0.1, 0.15) is 17.8 Å². The van der Waals surface area contributed by atoms with E-state index in [0.717, 1.165) is 0 Å². The van der Waals surface area contributed by atoms with Gasteiger partial charge >= 0.3 is 0 Å². The van der Waals surface area contributed by atoms with Crippen LogP contribution in [0.5, 0.6) is 0 Å². The number of aliphatic hydroxyl groups excluding tert-OH is 1. The summed E-state index contributed by atoms with van der Waals surface area (Å²) < 4.78 is 21.0. The van der Waals surface area contributed by atoms with Crippen LogP contribution in [0.15, 0.2) is 6.33 Å². The molecule has 1 saturated heterocycles. The lowest BCUT2D eigenvalue weighted by atomic mass is 10.1. The first kappa shape index (κ1) is 13.9. The zero-order chi connectivity index (χ0) is 14.5. The number of ether oxygens (including phenoxy) is 1. The van der Waals surface area contributed by atoms with Crippen molar-refractivity contribution in [1.29, 1.82) is 0 Å². The van der Waals surface area contributed by atoms with E-state index >= 15 is 0 Å². The largest absolute Gasteiger partial charge is 0.393 e. The summed E-state index contributed by atoms with van der Waals surface area (Å²) in [5.41, 5.74) is 6.51. The molecule has 8 nitrogen and oxygen atoms in total. The number of nitrogens with zero attached hydrogens (tertiary/aromatic N) is 4. The quantitative estimate of drug-likeness (QED) is 0.482. The van der Waals surface area contributed by atoms with Crippen molar-refractivity contribution in [2.75, 3.05) is 12.3 Å². The molecular formula is C10H11FIN5O3. The molecule has 0 amide bonds. The highest BCUT2D eigenvalue weighted by Gasteiger charge is 2.48. The summed E-state index contributed by atoms with van der Waals surface area (Å²) in [6.07, 6.45) is -1.06. The molecule has 3 atom stereocenters. The lowest BCUT2D eigenvalue weighted by Crippen LogP contribution is -2.35. The van der Waals surface area contributed by atoms with Gasteiger partial charge in [0.05, 0.1) is 19.4 Å². The Labute approximate surface area is 125 Å². The Balaban J connectivity index is 2.04. The number of aliphatic hydroxyl groups is 2. The molecule has 0 unspecified atom stereocenters. The number of nitrogen functional groups attached to an aromatic ring is 1. The number of anilines is 1. The number of fused-ring (bicyclic) bond motifs is 1. The van der Waals surface area contributed by atoms with E-state index in [2.05, 4.69) is 15.0 Å². The molecule has 1 aliphatic rings. The number of halogens is 2. The van der Waals surface area contributed by atoms with Crippen LogP contribution >= 0.6 is 22.6 Å². The van der Waals surface area contributed by atoms with Gasteiger partial charge in [-0.1, -0.05) is 0 Å². The Bertz CT molecular complexity index is 664. The molecule has 0 radical (unpaired) electrons. The van der Waals surface area contributed by atoms with Crippen LogP contribution in [-0.4, -0.2) is 48.3 Å². The molecule has 0 spiro atoms. The highest BCUT2D eigenvalue weighted by Crippen LogP contribution is 2.38. The van der Waals surface area contributed by atoms with E-state index in [1.165, 1.54) is 10.9 Å². The third kappa shape index (κ3) is 2.12. The van der Waals surface area contributed by atoms with Crippen molar-refractivity contribution in [3.8, 4) is 0 Å². The zero-order valence-electron chi connectivity index (χ0n) is 10.1. The standard InChI is InChI=1S/C10H11FIN5O3/c11-10(19)1-5(20-4(10)2-18)17-3-14-6-7(13)15-9(12)16-8(6)17/h3-5,18-19H,1-2H2,(H2,13,15,16)/t4-,5-,10+/m1/s1. The van der Waals surface area contributed by atoms with E-state index in [-0.39, 0.29) is 12.2 Å². The molecule has 1 fully saturated rings. The third-order valence-electron chi connectivity index (χ3n) is 3.17. The first-order chi connectivity index (χ1) is 9.42. The number of hydrogen-bond donors (Lipinski definition) is 3. The van der Waals surface area contributed by atoms with Gasteiger partial charge in [-0.25, -0.2) is 19.3 Å². The van der Waals surface area contributed by atoms with Crippen molar-refractivity contribution in [2.45, 2.75) is 24.6 Å². The summed E-state index contributed by atoms with van der Waals surface area (Å²) in [7, 11) is 0. The first-order valence-corrected chi connectivity index (χ1v) is 6.83. The minimum Gasteiger partial charge on any atom is -0.393 e. The van der Waals surface area contributed by atoms with Crippen molar-refractivity contribution in [3.05, 3.63) is 10.2 Å². The maximum Gasteiger partial charge on any atom is 0.239 e. The van der Waals surface area contributed by atoms with E-state index in [1.807, 2.05) is 22.6 Å². The highest BCUT2D eigenvalue weighted by molar-refractivity contribution is 14.1. The van der Waals surface area contributed by atoms with E-state index in [0.29, 0.717) is 15.0 Å². The second-order valence-electron chi connectivity index (χ2n) is 4.49. The van der Waals surface area contributed by atoms with Crippen LogP contribution in [0.1, 0.15) is 12.6 Å². The second-order valence-corrected chi connectivity index (χ2v) is 5.45. The third-order valence-corrected chi connectivity index (χ3v) is 3.66.